The Bertz CT molecular complexity index is 597. The number of carboxylic acids is 1. The molecule has 0 fully saturated rings. The Morgan fingerprint density at radius 1 is 1.39 bits per heavy atom. The third-order valence-corrected chi connectivity index (χ3v) is 3.39. The van der Waals surface area contributed by atoms with Crippen LogP contribution in [0.3, 0.4) is 0 Å². The van der Waals surface area contributed by atoms with Gasteiger partial charge in [-0.1, -0.05) is 6.07 Å². The quantitative estimate of drug-likeness (QED) is 0.905. The lowest BCUT2D eigenvalue weighted by Gasteiger charge is -2.19. The molecule has 2 rings (SSSR count). The van der Waals surface area contributed by atoms with E-state index in [1.54, 1.807) is 20.2 Å². The molecule has 0 spiro atoms. The fraction of sp³-hybridized carbons (Fsp3) is 0.429. The second-order valence-electron chi connectivity index (χ2n) is 5.38. The molecule has 0 aliphatic rings. The number of fused-ring (bicyclic) bond motifs is 1. The van der Waals surface area contributed by atoms with Gasteiger partial charge in [-0.05, 0) is 45.4 Å². The molecule has 0 aliphatic heterocycles. The monoisotopic (exact) mass is 246 g/mol. The van der Waals surface area contributed by atoms with Crippen LogP contribution in [0, 0.1) is 0 Å². The van der Waals surface area contributed by atoms with E-state index in [0.717, 1.165) is 16.6 Å². The number of carbonyl (C=O) groups is 1. The molecule has 0 aliphatic carbocycles. The molecule has 4 heteroatoms. The van der Waals surface area contributed by atoms with Gasteiger partial charge in [-0.25, -0.2) is 4.98 Å². The molecule has 0 radical (unpaired) electrons. The largest absolute Gasteiger partial charge is 0.481 e. The van der Waals surface area contributed by atoms with Crippen molar-refractivity contribution >= 4 is 17.0 Å². The van der Waals surface area contributed by atoms with Gasteiger partial charge in [-0.3, -0.25) is 4.79 Å². The highest BCUT2D eigenvalue weighted by atomic mass is 16.4. The third-order valence-electron chi connectivity index (χ3n) is 3.39. The van der Waals surface area contributed by atoms with Gasteiger partial charge in [-0.2, -0.15) is 0 Å². The maximum absolute atomic E-state index is 11.2. The Morgan fingerprint density at radius 3 is 2.61 bits per heavy atom. The summed E-state index contributed by atoms with van der Waals surface area (Å²) in [5.41, 5.74) is 1.76. The Hall–Kier alpha value is -1.84. The maximum atomic E-state index is 11.2. The van der Waals surface area contributed by atoms with E-state index in [0.29, 0.717) is 6.04 Å². The summed E-state index contributed by atoms with van der Waals surface area (Å²) < 4.78 is 2.08. The zero-order chi connectivity index (χ0) is 13.5. The van der Waals surface area contributed by atoms with Crippen LogP contribution in [-0.4, -0.2) is 20.6 Å². The number of hydrogen-bond donors (Lipinski definition) is 1. The molecule has 0 bridgehead atoms. The van der Waals surface area contributed by atoms with E-state index in [2.05, 4.69) is 23.4 Å². The zero-order valence-electron chi connectivity index (χ0n) is 11.1. The normalized spacial score (nSPS) is 12.3. The van der Waals surface area contributed by atoms with Crippen LogP contribution in [0.25, 0.3) is 11.0 Å². The van der Waals surface area contributed by atoms with Crippen molar-refractivity contribution in [1.82, 2.24) is 9.55 Å². The van der Waals surface area contributed by atoms with Crippen LogP contribution >= 0.6 is 0 Å². The van der Waals surface area contributed by atoms with Gasteiger partial charge < -0.3 is 9.67 Å². The lowest BCUT2D eigenvalue weighted by molar-refractivity contribution is -0.142. The van der Waals surface area contributed by atoms with Crippen molar-refractivity contribution in [2.75, 3.05) is 0 Å². The summed E-state index contributed by atoms with van der Waals surface area (Å²) in [5, 5.41) is 9.23. The molecule has 1 N–H and O–H groups in total. The fourth-order valence-corrected chi connectivity index (χ4v) is 1.96. The van der Waals surface area contributed by atoms with Crippen molar-refractivity contribution in [2.24, 2.45) is 0 Å². The summed E-state index contributed by atoms with van der Waals surface area (Å²) in [6.07, 6.45) is 1.80. The number of carboxylic acid groups (broad SMARTS) is 1. The molecular formula is C14H18N2O2. The number of benzene rings is 1. The zero-order valence-corrected chi connectivity index (χ0v) is 11.1. The first-order valence-electron chi connectivity index (χ1n) is 6.04. The molecule has 4 nitrogen and oxygen atoms in total. The summed E-state index contributed by atoms with van der Waals surface area (Å²) in [6, 6.07) is 6.02. The summed E-state index contributed by atoms with van der Waals surface area (Å²) in [5.74, 6) is -0.829. The molecule has 0 atom stereocenters. The number of aliphatic carboxylic acids is 1. The number of rotatable bonds is 3. The van der Waals surface area contributed by atoms with E-state index in [1.807, 2.05) is 18.2 Å². The van der Waals surface area contributed by atoms with Gasteiger partial charge >= 0.3 is 5.97 Å². The summed E-state index contributed by atoms with van der Waals surface area (Å²) in [7, 11) is 0. The number of hydrogen-bond acceptors (Lipinski definition) is 2. The van der Waals surface area contributed by atoms with Crippen LogP contribution in [-0.2, 0) is 10.2 Å². The standard InChI is InChI=1S/C14H18N2O2/c1-9(2)16-8-15-11-7-10(5-6-12(11)16)14(3,4)13(17)18/h5-9H,1-4H3,(H,17,18). The second-order valence-corrected chi connectivity index (χ2v) is 5.38. The van der Waals surface area contributed by atoms with Crippen LogP contribution in [0.4, 0.5) is 0 Å². The minimum Gasteiger partial charge on any atom is -0.481 e. The van der Waals surface area contributed by atoms with Gasteiger partial charge in [0.25, 0.3) is 0 Å². The first-order chi connectivity index (χ1) is 8.34. The van der Waals surface area contributed by atoms with Crippen LogP contribution < -0.4 is 0 Å². The highest BCUT2D eigenvalue weighted by molar-refractivity contribution is 5.83. The fourth-order valence-electron chi connectivity index (χ4n) is 1.96. The minimum absolute atomic E-state index is 0.341. The van der Waals surface area contributed by atoms with E-state index >= 15 is 0 Å². The average Bonchev–Trinajstić information content (AvgIpc) is 2.71. The number of nitrogens with zero attached hydrogens (tertiary/aromatic N) is 2. The molecule has 2 aromatic rings. The smallest absolute Gasteiger partial charge is 0.313 e. The van der Waals surface area contributed by atoms with E-state index in [4.69, 9.17) is 0 Å². The van der Waals surface area contributed by atoms with Gasteiger partial charge in [0.1, 0.15) is 0 Å². The van der Waals surface area contributed by atoms with Crippen LogP contribution in [0.5, 0.6) is 0 Å². The van der Waals surface area contributed by atoms with Crippen molar-refractivity contribution in [3.05, 3.63) is 30.1 Å². The Morgan fingerprint density at radius 2 is 2.06 bits per heavy atom. The summed E-state index contributed by atoms with van der Waals surface area (Å²) >= 11 is 0. The van der Waals surface area contributed by atoms with E-state index in [-0.39, 0.29) is 0 Å². The van der Waals surface area contributed by atoms with Gasteiger partial charge in [-0.15, -0.1) is 0 Å². The molecule has 0 saturated carbocycles. The lowest BCUT2D eigenvalue weighted by Crippen LogP contribution is -2.28. The average molecular weight is 246 g/mol. The van der Waals surface area contributed by atoms with Gasteiger partial charge in [0.2, 0.25) is 0 Å². The van der Waals surface area contributed by atoms with Gasteiger partial charge in [0.15, 0.2) is 0 Å². The molecule has 1 aromatic heterocycles. The molecule has 1 heterocycles. The predicted molar refractivity (Wildman–Crippen MR) is 70.8 cm³/mol. The van der Waals surface area contributed by atoms with Crippen molar-refractivity contribution < 1.29 is 9.90 Å². The van der Waals surface area contributed by atoms with Crippen LogP contribution in [0.15, 0.2) is 24.5 Å². The van der Waals surface area contributed by atoms with Crippen LogP contribution in [0.1, 0.15) is 39.3 Å². The van der Waals surface area contributed by atoms with E-state index in [1.165, 1.54) is 0 Å². The minimum atomic E-state index is -0.893. The molecule has 0 saturated heterocycles. The molecule has 96 valence electrons. The lowest BCUT2D eigenvalue weighted by atomic mass is 9.85. The molecule has 0 unspecified atom stereocenters. The number of imidazole rings is 1. The molecular weight excluding hydrogens is 228 g/mol. The Labute approximate surface area is 106 Å². The topological polar surface area (TPSA) is 55.1 Å². The molecule has 18 heavy (non-hydrogen) atoms. The van der Waals surface area contributed by atoms with E-state index < -0.39 is 11.4 Å². The van der Waals surface area contributed by atoms with Gasteiger partial charge in [0.05, 0.1) is 22.8 Å². The van der Waals surface area contributed by atoms with E-state index in [9.17, 15) is 9.90 Å². The van der Waals surface area contributed by atoms with Crippen molar-refractivity contribution in [3.63, 3.8) is 0 Å². The first-order valence-corrected chi connectivity index (χ1v) is 6.04. The van der Waals surface area contributed by atoms with Crippen molar-refractivity contribution in [2.45, 2.75) is 39.2 Å². The Kier molecular flexibility index (Phi) is 2.89. The SMILES string of the molecule is CC(C)n1cnc2cc(C(C)(C)C(=O)O)ccc21. The molecule has 0 amide bonds. The molecule has 1 aromatic carbocycles. The summed E-state index contributed by atoms with van der Waals surface area (Å²) in [6.45, 7) is 7.60. The maximum Gasteiger partial charge on any atom is 0.313 e. The second kappa shape index (κ2) is 4.12. The van der Waals surface area contributed by atoms with Crippen molar-refractivity contribution in [3.8, 4) is 0 Å². The Balaban J connectivity index is 2.56. The third kappa shape index (κ3) is 1.88. The summed E-state index contributed by atoms with van der Waals surface area (Å²) in [4.78, 5) is 15.6. The highest BCUT2D eigenvalue weighted by Gasteiger charge is 2.29. The highest BCUT2D eigenvalue weighted by Crippen LogP contribution is 2.27. The van der Waals surface area contributed by atoms with Crippen molar-refractivity contribution in [1.29, 1.82) is 0 Å². The van der Waals surface area contributed by atoms with Crippen LogP contribution in [0.2, 0.25) is 0 Å². The van der Waals surface area contributed by atoms with Gasteiger partial charge in [0, 0.05) is 6.04 Å². The first kappa shape index (κ1) is 12.6. The predicted octanol–water partition coefficient (Wildman–Crippen LogP) is 2.98. The number of aromatic nitrogens is 2.